The molecule has 0 fully saturated rings. The molecule has 3 aromatic heterocycles. The van der Waals surface area contributed by atoms with E-state index in [2.05, 4.69) is 9.97 Å². The Balaban J connectivity index is 1.73. The summed E-state index contributed by atoms with van der Waals surface area (Å²) < 4.78 is 5.14. The first-order valence-electron chi connectivity index (χ1n) is 9.55. The minimum absolute atomic E-state index is 0.0977. The molecule has 0 saturated heterocycles. The van der Waals surface area contributed by atoms with Gasteiger partial charge in [0.15, 0.2) is 0 Å². The van der Waals surface area contributed by atoms with Crippen LogP contribution in [0.15, 0.2) is 67.0 Å². The zero-order chi connectivity index (χ0) is 20.7. The summed E-state index contributed by atoms with van der Waals surface area (Å²) in [7, 11) is 3.37. The molecule has 4 aromatic rings. The van der Waals surface area contributed by atoms with Crippen LogP contribution < -0.4 is 9.64 Å². The number of carbonyl (C=O) groups excluding carboxylic acids is 1. The van der Waals surface area contributed by atoms with Crippen molar-refractivity contribution in [3.8, 4) is 17.1 Å². The van der Waals surface area contributed by atoms with Crippen LogP contribution in [0.3, 0.4) is 0 Å². The molecule has 1 aliphatic heterocycles. The average molecular weight is 397 g/mol. The summed E-state index contributed by atoms with van der Waals surface area (Å²) in [4.78, 5) is 30.3. The molecule has 148 valence electrons. The Morgan fingerprint density at radius 3 is 2.53 bits per heavy atom. The number of anilines is 2. The van der Waals surface area contributed by atoms with Crippen LogP contribution in [0.1, 0.15) is 5.56 Å². The molecular weight excluding hydrogens is 378 g/mol. The summed E-state index contributed by atoms with van der Waals surface area (Å²) in [5, 5.41) is 0. The highest BCUT2D eigenvalue weighted by Crippen LogP contribution is 2.39. The lowest BCUT2D eigenvalue weighted by molar-refractivity contribution is 0.213. The minimum atomic E-state index is -0.0977. The molecule has 1 aliphatic rings. The predicted molar refractivity (Wildman–Crippen MR) is 115 cm³/mol. The average Bonchev–Trinajstić information content (AvgIpc) is 2.80. The molecule has 1 aromatic carbocycles. The van der Waals surface area contributed by atoms with E-state index in [9.17, 15) is 4.79 Å². The number of hydrogen-bond donors (Lipinski definition) is 0. The van der Waals surface area contributed by atoms with Crippen molar-refractivity contribution in [3.63, 3.8) is 0 Å². The van der Waals surface area contributed by atoms with Crippen molar-refractivity contribution in [1.82, 2.24) is 19.9 Å². The number of benzene rings is 1. The fraction of sp³-hybridized carbons (Fsp3) is 0.130. The Labute approximate surface area is 173 Å². The first kappa shape index (κ1) is 18.1. The molecule has 0 radical (unpaired) electrons. The first-order valence-corrected chi connectivity index (χ1v) is 9.55. The number of hydrogen-bond acceptors (Lipinski definition) is 5. The first-order chi connectivity index (χ1) is 14.7. The van der Waals surface area contributed by atoms with Crippen LogP contribution in [0.2, 0.25) is 0 Å². The molecule has 2 amide bonds. The summed E-state index contributed by atoms with van der Waals surface area (Å²) in [5.41, 5.74) is 5.56. The summed E-state index contributed by atoms with van der Waals surface area (Å²) in [6.45, 7) is 0.483. The van der Waals surface area contributed by atoms with Crippen molar-refractivity contribution in [2.75, 3.05) is 19.1 Å². The molecule has 4 heterocycles. The zero-order valence-corrected chi connectivity index (χ0v) is 16.6. The van der Waals surface area contributed by atoms with Gasteiger partial charge in [0.2, 0.25) is 5.88 Å². The third-order valence-electron chi connectivity index (χ3n) is 5.17. The van der Waals surface area contributed by atoms with Gasteiger partial charge >= 0.3 is 6.03 Å². The monoisotopic (exact) mass is 397 g/mol. The lowest BCUT2D eigenvalue weighted by Crippen LogP contribution is -2.42. The van der Waals surface area contributed by atoms with Gasteiger partial charge in [-0.1, -0.05) is 18.2 Å². The van der Waals surface area contributed by atoms with Crippen LogP contribution in [0.5, 0.6) is 5.88 Å². The Kier molecular flexibility index (Phi) is 4.28. The standard InChI is InChI=1S/C23H19N5O2/c1-27-14-16-13-24-19-10-9-18(15-8-11-20(30-2)25-12-15)26-21(19)22(16)28(23(27)29)17-6-4-3-5-7-17/h3-13H,14H2,1-2H3. The molecule has 0 bridgehead atoms. The lowest BCUT2D eigenvalue weighted by Gasteiger charge is -2.35. The van der Waals surface area contributed by atoms with Crippen molar-refractivity contribution >= 4 is 28.4 Å². The van der Waals surface area contributed by atoms with Gasteiger partial charge in [0.1, 0.15) is 5.52 Å². The van der Waals surface area contributed by atoms with Crippen molar-refractivity contribution < 1.29 is 9.53 Å². The highest BCUT2D eigenvalue weighted by Gasteiger charge is 2.32. The number of nitrogens with zero attached hydrogens (tertiary/aromatic N) is 5. The Hall–Kier alpha value is -4.00. The van der Waals surface area contributed by atoms with Crippen LogP contribution in [0.4, 0.5) is 16.2 Å². The van der Waals surface area contributed by atoms with E-state index in [1.165, 1.54) is 0 Å². The normalized spacial score (nSPS) is 13.5. The number of amides is 2. The molecule has 0 aliphatic carbocycles. The van der Waals surface area contributed by atoms with Crippen LogP contribution in [-0.2, 0) is 6.54 Å². The second-order valence-corrected chi connectivity index (χ2v) is 7.10. The molecule has 0 unspecified atom stereocenters. The second-order valence-electron chi connectivity index (χ2n) is 7.10. The molecular formula is C23H19N5O2. The van der Waals surface area contributed by atoms with Gasteiger partial charge in [-0.25, -0.2) is 14.8 Å². The Morgan fingerprint density at radius 1 is 0.967 bits per heavy atom. The molecule has 5 rings (SSSR count). The number of urea groups is 1. The zero-order valence-electron chi connectivity index (χ0n) is 16.6. The van der Waals surface area contributed by atoms with Gasteiger partial charge in [-0.3, -0.25) is 9.88 Å². The SMILES string of the molecule is COc1ccc(-c2ccc3ncc4c(c3n2)N(c2ccccc2)C(=O)N(C)C4)cn1. The maximum atomic E-state index is 13.1. The molecule has 7 nitrogen and oxygen atoms in total. The fourth-order valence-corrected chi connectivity index (χ4v) is 3.68. The third kappa shape index (κ3) is 2.91. The van der Waals surface area contributed by atoms with Gasteiger partial charge in [-0.05, 0) is 30.3 Å². The molecule has 30 heavy (non-hydrogen) atoms. The molecule has 0 N–H and O–H groups in total. The number of methoxy groups -OCH3 is 1. The van der Waals surface area contributed by atoms with E-state index in [4.69, 9.17) is 9.72 Å². The number of pyridine rings is 3. The number of aromatic nitrogens is 3. The number of carbonyl (C=O) groups is 1. The fourth-order valence-electron chi connectivity index (χ4n) is 3.68. The third-order valence-corrected chi connectivity index (χ3v) is 5.17. The Morgan fingerprint density at radius 2 is 1.80 bits per heavy atom. The maximum Gasteiger partial charge on any atom is 0.329 e. The lowest BCUT2D eigenvalue weighted by atomic mass is 10.1. The Bertz CT molecular complexity index is 1240. The van der Waals surface area contributed by atoms with E-state index in [1.807, 2.05) is 54.7 Å². The number of para-hydroxylation sites is 1. The largest absolute Gasteiger partial charge is 0.481 e. The van der Waals surface area contributed by atoms with Gasteiger partial charge < -0.3 is 9.64 Å². The van der Waals surface area contributed by atoms with E-state index in [0.29, 0.717) is 17.9 Å². The van der Waals surface area contributed by atoms with Crippen LogP contribution in [0, 0.1) is 0 Å². The quantitative estimate of drug-likeness (QED) is 0.512. The van der Waals surface area contributed by atoms with Gasteiger partial charge in [0.05, 0.1) is 36.2 Å². The smallest absolute Gasteiger partial charge is 0.329 e. The van der Waals surface area contributed by atoms with Crippen molar-refractivity contribution in [3.05, 3.63) is 72.6 Å². The van der Waals surface area contributed by atoms with Crippen molar-refractivity contribution in [2.45, 2.75) is 6.54 Å². The van der Waals surface area contributed by atoms with E-state index in [-0.39, 0.29) is 6.03 Å². The van der Waals surface area contributed by atoms with E-state index in [1.54, 1.807) is 36.2 Å². The summed E-state index contributed by atoms with van der Waals surface area (Å²) >= 11 is 0. The van der Waals surface area contributed by atoms with Crippen LogP contribution in [0.25, 0.3) is 22.3 Å². The molecule has 0 spiro atoms. The predicted octanol–water partition coefficient (Wildman–Crippen LogP) is 4.40. The van der Waals surface area contributed by atoms with Crippen LogP contribution >= 0.6 is 0 Å². The van der Waals surface area contributed by atoms with Crippen molar-refractivity contribution in [2.24, 2.45) is 0 Å². The number of fused-ring (bicyclic) bond motifs is 3. The van der Waals surface area contributed by atoms with Gasteiger partial charge in [0, 0.05) is 36.6 Å². The number of rotatable bonds is 3. The number of ether oxygens (including phenoxy) is 1. The highest BCUT2D eigenvalue weighted by molar-refractivity contribution is 6.08. The van der Waals surface area contributed by atoms with Crippen molar-refractivity contribution in [1.29, 1.82) is 0 Å². The van der Waals surface area contributed by atoms with E-state index >= 15 is 0 Å². The molecule has 0 saturated carbocycles. The molecule has 7 heteroatoms. The highest BCUT2D eigenvalue weighted by atomic mass is 16.5. The van der Waals surface area contributed by atoms with E-state index in [0.717, 1.165) is 33.7 Å². The van der Waals surface area contributed by atoms with E-state index < -0.39 is 0 Å². The second kappa shape index (κ2) is 7.11. The molecule has 0 atom stereocenters. The summed E-state index contributed by atoms with van der Waals surface area (Å²) in [6, 6.07) is 17.1. The van der Waals surface area contributed by atoms with Gasteiger partial charge in [0.25, 0.3) is 0 Å². The van der Waals surface area contributed by atoms with Gasteiger partial charge in [-0.15, -0.1) is 0 Å². The maximum absolute atomic E-state index is 13.1. The van der Waals surface area contributed by atoms with Gasteiger partial charge in [-0.2, -0.15) is 0 Å². The topological polar surface area (TPSA) is 71.5 Å². The minimum Gasteiger partial charge on any atom is -0.481 e. The summed E-state index contributed by atoms with van der Waals surface area (Å²) in [5.74, 6) is 0.544. The summed E-state index contributed by atoms with van der Waals surface area (Å²) in [6.07, 6.45) is 3.55. The van der Waals surface area contributed by atoms with Crippen LogP contribution in [-0.4, -0.2) is 40.0 Å².